The van der Waals surface area contributed by atoms with Crippen LogP contribution in [0, 0.1) is 0 Å². The van der Waals surface area contributed by atoms with E-state index in [1.165, 1.54) is 0 Å². The van der Waals surface area contributed by atoms with Gasteiger partial charge in [0.1, 0.15) is 5.82 Å². The summed E-state index contributed by atoms with van der Waals surface area (Å²) in [6, 6.07) is 7.45. The van der Waals surface area contributed by atoms with E-state index >= 15 is 0 Å². The zero-order valence-electron chi connectivity index (χ0n) is 22.0. The summed E-state index contributed by atoms with van der Waals surface area (Å²) >= 11 is 0. The Hall–Kier alpha value is -3.93. The maximum absolute atomic E-state index is 12.2. The molecule has 2 aromatic heterocycles. The van der Waals surface area contributed by atoms with Crippen molar-refractivity contribution in [3.63, 3.8) is 0 Å². The topological polar surface area (TPSA) is 127 Å². The first kappa shape index (κ1) is 25.7. The summed E-state index contributed by atoms with van der Waals surface area (Å²) in [4.78, 5) is 37.8. The van der Waals surface area contributed by atoms with Crippen LogP contribution in [0.15, 0.2) is 30.5 Å². The van der Waals surface area contributed by atoms with Crippen molar-refractivity contribution in [1.82, 2.24) is 30.0 Å². The predicted octanol–water partition coefficient (Wildman–Crippen LogP) is 3.26. The van der Waals surface area contributed by atoms with Crippen LogP contribution in [0.1, 0.15) is 32.7 Å². The van der Waals surface area contributed by atoms with Gasteiger partial charge in [-0.25, -0.2) is 24.2 Å². The van der Waals surface area contributed by atoms with E-state index in [-0.39, 0.29) is 24.2 Å². The Morgan fingerprint density at radius 2 is 1.89 bits per heavy atom. The van der Waals surface area contributed by atoms with Crippen LogP contribution >= 0.6 is 0 Å². The summed E-state index contributed by atoms with van der Waals surface area (Å²) in [6.45, 7) is 7.51. The second-order valence-corrected chi connectivity index (χ2v) is 9.51. The Labute approximate surface area is 221 Å². The number of carbonyl (C=O) groups is 2. The maximum atomic E-state index is 12.2. The predicted molar refractivity (Wildman–Crippen MR) is 143 cm³/mol. The van der Waals surface area contributed by atoms with E-state index in [1.54, 1.807) is 11.9 Å². The van der Waals surface area contributed by atoms with Crippen molar-refractivity contribution in [3.8, 4) is 11.4 Å². The highest BCUT2D eigenvalue weighted by atomic mass is 16.6. The zero-order valence-corrected chi connectivity index (χ0v) is 22.0. The summed E-state index contributed by atoms with van der Waals surface area (Å²) in [6.07, 6.45) is 3.11. The minimum absolute atomic E-state index is 0.107. The number of morpholine rings is 1. The number of fused-ring (bicyclic) bond motifs is 1. The van der Waals surface area contributed by atoms with Gasteiger partial charge in [-0.15, -0.1) is 0 Å². The van der Waals surface area contributed by atoms with Gasteiger partial charge in [0.05, 0.1) is 43.5 Å². The molecule has 0 unspecified atom stereocenters. The first-order valence-electron chi connectivity index (χ1n) is 13.1. The lowest BCUT2D eigenvalue weighted by Crippen LogP contribution is -2.44. The van der Waals surface area contributed by atoms with Crippen LogP contribution in [-0.4, -0.2) is 89.3 Å². The van der Waals surface area contributed by atoms with Gasteiger partial charge in [0.15, 0.2) is 11.5 Å². The standard InChI is InChI=1S/C26H34N8O4/c1-4-38-26(36)32-11-9-20(10-12-32)34-24-21(15-28-34)23(33-13-14-37-16-17(33)2)30-22(31-24)18-5-7-19(8-6-18)29-25(35)27-3/h5-8,15,17,20H,4,9-14,16H2,1-3H3,(H2,27,29,35)/t17-/m1/s1. The van der Waals surface area contributed by atoms with Gasteiger partial charge < -0.3 is 29.9 Å². The third-order valence-electron chi connectivity index (χ3n) is 7.04. The first-order chi connectivity index (χ1) is 18.5. The Morgan fingerprint density at radius 3 is 2.58 bits per heavy atom. The van der Waals surface area contributed by atoms with Crippen molar-refractivity contribution in [1.29, 1.82) is 0 Å². The molecule has 0 saturated carbocycles. The van der Waals surface area contributed by atoms with Gasteiger partial charge in [0, 0.05) is 37.9 Å². The third kappa shape index (κ3) is 5.21. The smallest absolute Gasteiger partial charge is 0.409 e. The van der Waals surface area contributed by atoms with Crippen molar-refractivity contribution in [2.24, 2.45) is 0 Å². The number of hydrogen-bond acceptors (Lipinski definition) is 8. The number of anilines is 2. The SMILES string of the molecule is CCOC(=O)N1CCC(n2ncc3c(N4CCOC[C@H]4C)nc(-c4ccc(NC(=O)NC)cc4)nc32)CC1. The number of nitrogens with zero attached hydrogens (tertiary/aromatic N) is 6. The average molecular weight is 523 g/mol. The molecule has 12 nitrogen and oxygen atoms in total. The molecule has 2 fully saturated rings. The highest BCUT2D eigenvalue weighted by molar-refractivity contribution is 5.90. The molecule has 202 valence electrons. The number of nitrogens with one attached hydrogen (secondary N) is 2. The highest BCUT2D eigenvalue weighted by Crippen LogP contribution is 2.33. The highest BCUT2D eigenvalue weighted by Gasteiger charge is 2.29. The summed E-state index contributed by atoms with van der Waals surface area (Å²) in [5, 5.41) is 11.0. The summed E-state index contributed by atoms with van der Waals surface area (Å²) in [7, 11) is 1.57. The number of hydrogen-bond donors (Lipinski definition) is 2. The van der Waals surface area contributed by atoms with E-state index in [1.807, 2.05) is 42.1 Å². The fraction of sp³-hybridized carbons (Fsp3) is 0.500. The molecule has 2 aliphatic heterocycles. The van der Waals surface area contributed by atoms with E-state index in [0.717, 1.165) is 41.8 Å². The number of urea groups is 1. The fourth-order valence-electron chi connectivity index (χ4n) is 4.97. The van der Waals surface area contributed by atoms with E-state index in [0.29, 0.717) is 44.4 Å². The normalized spacial score (nSPS) is 18.4. The van der Waals surface area contributed by atoms with Crippen LogP contribution in [0.3, 0.4) is 0 Å². The summed E-state index contributed by atoms with van der Waals surface area (Å²) in [5.74, 6) is 1.42. The Morgan fingerprint density at radius 1 is 1.13 bits per heavy atom. The van der Waals surface area contributed by atoms with Crippen LogP contribution in [0.5, 0.6) is 0 Å². The molecule has 2 N–H and O–H groups in total. The van der Waals surface area contributed by atoms with Crippen LogP contribution in [0.25, 0.3) is 22.4 Å². The van der Waals surface area contributed by atoms with Crippen LogP contribution < -0.4 is 15.5 Å². The largest absolute Gasteiger partial charge is 0.450 e. The van der Waals surface area contributed by atoms with Crippen molar-refractivity contribution >= 4 is 34.7 Å². The molecule has 38 heavy (non-hydrogen) atoms. The molecular weight excluding hydrogens is 488 g/mol. The Bertz CT molecular complexity index is 1290. The molecule has 2 aliphatic rings. The number of carbonyl (C=O) groups excluding carboxylic acids is 2. The monoisotopic (exact) mass is 522 g/mol. The van der Waals surface area contributed by atoms with E-state index in [4.69, 9.17) is 24.5 Å². The van der Waals surface area contributed by atoms with Gasteiger partial charge >= 0.3 is 12.1 Å². The maximum Gasteiger partial charge on any atom is 0.409 e. The Balaban J connectivity index is 1.50. The lowest BCUT2D eigenvalue weighted by molar-refractivity contribution is 0.0919. The zero-order chi connectivity index (χ0) is 26.6. The average Bonchev–Trinajstić information content (AvgIpc) is 3.37. The molecule has 12 heteroatoms. The van der Waals surface area contributed by atoms with Gasteiger partial charge in [-0.1, -0.05) is 0 Å². The van der Waals surface area contributed by atoms with Crippen LogP contribution in [0.2, 0.25) is 0 Å². The van der Waals surface area contributed by atoms with Gasteiger partial charge in [-0.05, 0) is 51.0 Å². The van der Waals surface area contributed by atoms with Crippen LogP contribution in [-0.2, 0) is 9.47 Å². The molecule has 4 heterocycles. The number of piperidine rings is 1. The van der Waals surface area contributed by atoms with Gasteiger partial charge in [0.25, 0.3) is 0 Å². The van der Waals surface area contributed by atoms with Gasteiger partial charge in [-0.3, -0.25) is 0 Å². The minimum atomic E-state index is -0.281. The molecule has 1 aromatic carbocycles. The molecule has 2 saturated heterocycles. The van der Waals surface area contributed by atoms with Gasteiger partial charge in [0.2, 0.25) is 0 Å². The minimum Gasteiger partial charge on any atom is -0.450 e. The van der Waals surface area contributed by atoms with Crippen molar-refractivity contribution < 1.29 is 19.1 Å². The molecule has 0 radical (unpaired) electrons. The lowest BCUT2D eigenvalue weighted by Gasteiger charge is -2.34. The van der Waals surface area contributed by atoms with Crippen molar-refractivity contribution in [3.05, 3.63) is 30.5 Å². The number of ether oxygens (including phenoxy) is 2. The molecular formula is C26H34N8O4. The quantitative estimate of drug-likeness (QED) is 0.523. The third-order valence-corrected chi connectivity index (χ3v) is 7.04. The molecule has 5 rings (SSSR count). The van der Waals surface area contributed by atoms with Gasteiger partial charge in [-0.2, -0.15) is 5.10 Å². The first-order valence-corrected chi connectivity index (χ1v) is 13.1. The molecule has 0 aliphatic carbocycles. The van der Waals surface area contributed by atoms with Crippen molar-refractivity contribution in [2.45, 2.75) is 38.8 Å². The molecule has 0 spiro atoms. The lowest BCUT2D eigenvalue weighted by atomic mass is 10.1. The van der Waals surface area contributed by atoms with Crippen LogP contribution in [0.4, 0.5) is 21.1 Å². The molecule has 3 aromatic rings. The Kier molecular flexibility index (Phi) is 7.59. The molecule has 0 bridgehead atoms. The van der Waals surface area contributed by atoms with E-state index < -0.39 is 0 Å². The summed E-state index contributed by atoms with van der Waals surface area (Å²) in [5.41, 5.74) is 2.28. The number of aromatic nitrogens is 4. The second-order valence-electron chi connectivity index (χ2n) is 9.51. The van der Waals surface area contributed by atoms with E-state index in [9.17, 15) is 9.59 Å². The summed E-state index contributed by atoms with van der Waals surface area (Å²) < 4.78 is 12.8. The number of rotatable bonds is 5. The number of likely N-dealkylation sites (tertiary alicyclic amines) is 1. The number of amides is 3. The second kappa shape index (κ2) is 11.2. The fourth-order valence-corrected chi connectivity index (χ4v) is 4.97. The van der Waals surface area contributed by atoms with E-state index in [2.05, 4.69) is 22.5 Å². The molecule has 3 amide bonds. The van der Waals surface area contributed by atoms with Crippen molar-refractivity contribution in [2.75, 3.05) is 56.7 Å². The molecule has 1 atom stereocenters. The number of benzene rings is 1.